The number of aryl methyl sites for hydroxylation is 1. The molecule has 2 N–H and O–H groups in total. The molecule has 3 heterocycles. The van der Waals surface area contributed by atoms with Gasteiger partial charge in [0, 0.05) is 6.20 Å². The van der Waals surface area contributed by atoms with Crippen molar-refractivity contribution in [3.63, 3.8) is 0 Å². The lowest BCUT2D eigenvalue weighted by atomic mass is 10.3. The van der Waals surface area contributed by atoms with Gasteiger partial charge >= 0.3 is 0 Å². The lowest BCUT2D eigenvalue weighted by molar-refractivity contribution is 1.05. The molecule has 3 aromatic heterocycles. The fourth-order valence-corrected chi connectivity index (χ4v) is 2.62. The maximum Gasteiger partial charge on any atom is 0.147 e. The average molecular weight is 245 g/mol. The van der Waals surface area contributed by atoms with Crippen LogP contribution in [0.3, 0.4) is 0 Å². The van der Waals surface area contributed by atoms with E-state index in [1.807, 2.05) is 0 Å². The number of aromatic nitrogens is 4. The summed E-state index contributed by atoms with van der Waals surface area (Å²) >= 11 is 1.66. The summed E-state index contributed by atoms with van der Waals surface area (Å²) in [6, 6.07) is 0. The second-order valence-electron chi connectivity index (χ2n) is 3.75. The van der Waals surface area contributed by atoms with E-state index >= 15 is 0 Å². The standard InChI is InChI=1S/C11H11N5S/c1-7-4-17-10-9(7)15-6-16-11(10)13-3-8-2-12-5-14-8/h2,4-6H,3H2,1H3,(H,12,14)(H,13,15,16). The fourth-order valence-electron chi connectivity index (χ4n) is 1.66. The third-order valence-electron chi connectivity index (χ3n) is 2.53. The Bertz CT molecular complexity index is 628. The molecular weight excluding hydrogens is 234 g/mol. The van der Waals surface area contributed by atoms with Gasteiger partial charge in [0.05, 0.1) is 28.8 Å². The molecule has 0 aromatic carbocycles. The quantitative estimate of drug-likeness (QED) is 0.743. The van der Waals surface area contributed by atoms with Gasteiger partial charge in [0.25, 0.3) is 0 Å². The van der Waals surface area contributed by atoms with E-state index in [1.54, 1.807) is 30.2 Å². The van der Waals surface area contributed by atoms with Crippen molar-refractivity contribution < 1.29 is 0 Å². The number of hydrogen-bond donors (Lipinski definition) is 2. The Morgan fingerprint density at radius 3 is 3.18 bits per heavy atom. The molecule has 0 fully saturated rings. The van der Waals surface area contributed by atoms with Crippen LogP contribution >= 0.6 is 11.3 Å². The first-order chi connectivity index (χ1) is 8.34. The maximum atomic E-state index is 4.29. The van der Waals surface area contributed by atoms with Crippen molar-refractivity contribution in [1.29, 1.82) is 0 Å². The molecule has 0 spiro atoms. The number of imidazole rings is 1. The van der Waals surface area contributed by atoms with E-state index in [2.05, 4.69) is 37.6 Å². The van der Waals surface area contributed by atoms with Gasteiger partial charge in [-0.1, -0.05) is 0 Å². The number of fused-ring (bicyclic) bond motifs is 1. The number of nitrogens with zero attached hydrogens (tertiary/aromatic N) is 3. The molecular formula is C11H11N5S. The maximum absolute atomic E-state index is 4.29. The van der Waals surface area contributed by atoms with E-state index in [0.717, 1.165) is 21.7 Å². The molecule has 0 unspecified atom stereocenters. The van der Waals surface area contributed by atoms with Gasteiger partial charge in [-0.3, -0.25) is 0 Å². The van der Waals surface area contributed by atoms with E-state index in [9.17, 15) is 0 Å². The summed E-state index contributed by atoms with van der Waals surface area (Å²) in [4.78, 5) is 15.6. The lowest BCUT2D eigenvalue weighted by Gasteiger charge is -2.04. The molecule has 0 saturated carbocycles. The largest absolute Gasteiger partial charge is 0.363 e. The Kier molecular flexibility index (Phi) is 2.49. The molecule has 0 amide bonds. The van der Waals surface area contributed by atoms with Gasteiger partial charge in [0.1, 0.15) is 12.1 Å². The van der Waals surface area contributed by atoms with E-state index in [1.165, 1.54) is 5.56 Å². The molecule has 3 rings (SSSR count). The number of aromatic amines is 1. The van der Waals surface area contributed by atoms with Crippen LogP contribution in [-0.2, 0) is 6.54 Å². The summed E-state index contributed by atoms with van der Waals surface area (Å²) in [6.45, 7) is 2.74. The van der Waals surface area contributed by atoms with E-state index < -0.39 is 0 Å². The summed E-state index contributed by atoms with van der Waals surface area (Å²) in [5.41, 5.74) is 3.25. The monoisotopic (exact) mass is 245 g/mol. The second kappa shape index (κ2) is 4.14. The van der Waals surface area contributed by atoms with Crippen LogP contribution in [0.1, 0.15) is 11.3 Å². The summed E-state index contributed by atoms with van der Waals surface area (Å²) in [7, 11) is 0. The van der Waals surface area contributed by atoms with Crippen LogP contribution in [0, 0.1) is 6.92 Å². The van der Waals surface area contributed by atoms with Gasteiger partial charge in [-0.2, -0.15) is 0 Å². The third kappa shape index (κ3) is 1.87. The zero-order valence-electron chi connectivity index (χ0n) is 9.27. The van der Waals surface area contributed by atoms with Crippen LogP contribution in [0.25, 0.3) is 10.2 Å². The van der Waals surface area contributed by atoms with Crippen LogP contribution < -0.4 is 5.32 Å². The zero-order chi connectivity index (χ0) is 11.7. The van der Waals surface area contributed by atoms with Crippen LogP contribution in [0.4, 0.5) is 5.82 Å². The lowest BCUT2D eigenvalue weighted by Crippen LogP contribution is -2.01. The van der Waals surface area contributed by atoms with Crippen LogP contribution in [0.15, 0.2) is 24.2 Å². The number of anilines is 1. The highest BCUT2D eigenvalue weighted by molar-refractivity contribution is 7.17. The van der Waals surface area contributed by atoms with E-state index in [-0.39, 0.29) is 0 Å². The third-order valence-corrected chi connectivity index (χ3v) is 3.63. The van der Waals surface area contributed by atoms with E-state index in [0.29, 0.717) is 6.54 Å². The first-order valence-corrected chi connectivity index (χ1v) is 6.12. The van der Waals surface area contributed by atoms with Crippen molar-refractivity contribution in [2.24, 2.45) is 0 Å². The second-order valence-corrected chi connectivity index (χ2v) is 4.63. The Balaban J connectivity index is 1.90. The molecule has 0 radical (unpaired) electrons. The van der Waals surface area contributed by atoms with Gasteiger partial charge in [-0.15, -0.1) is 11.3 Å². The fraction of sp³-hybridized carbons (Fsp3) is 0.182. The SMILES string of the molecule is Cc1csc2c(NCc3cnc[nH]3)ncnc12. The van der Waals surface area contributed by atoms with Gasteiger partial charge in [-0.25, -0.2) is 15.0 Å². The normalized spacial score (nSPS) is 10.9. The number of thiophene rings is 1. The molecule has 6 heteroatoms. The molecule has 17 heavy (non-hydrogen) atoms. The molecule has 86 valence electrons. The predicted molar refractivity (Wildman–Crippen MR) is 68.1 cm³/mol. The van der Waals surface area contributed by atoms with Crippen LogP contribution in [0.5, 0.6) is 0 Å². The van der Waals surface area contributed by atoms with Crippen molar-refractivity contribution in [2.45, 2.75) is 13.5 Å². The first-order valence-electron chi connectivity index (χ1n) is 5.24. The Hall–Kier alpha value is -1.95. The summed E-state index contributed by atoms with van der Waals surface area (Å²) in [5, 5.41) is 5.39. The number of rotatable bonds is 3. The van der Waals surface area contributed by atoms with Crippen molar-refractivity contribution in [2.75, 3.05) is 5.32 Å². The molecule has 0 bridgehead atoms. The number of nitrogens with one attached hydrogen (secondary N) is 2. The zero-order valence-corrected chi connectivity index (χ0v) is 10.1. The number of hydrogen-bond acceptors (Lipinski definition) is 5. The molecule has 5 nitrogen and oxygen atoms in total. The molecule has 3 aromatic rings. The molecule has 0 aliphatic heterocycles. The topological polar surface area (TPSA) is 66.5 Å². The smallest absolute Gasteiger partial charge is 0.147 e. The minimum absolute atomic E-state index is 0.684. The Labute approximate surface area is 102 Å². The average Bonchev–Trinajstić information content (AvgIpc) is 2.97. The van der Waals surface area contributed by atoms with Crippen molar-refractivity contribution in [1.82, 2.24) is 19.9 Å². The van der Waals surface area contributed by atoms with Gasteiger partial charge in [0.2, 0.25) is 0 Å². The molecule has 0 aliphatic carbocycles. The number of H-pyrrole nitrogens is 1. The van der Waals surface area contributed by atoms with Gasteiger partial charge < -0.3 is 10.3 Å². The van der Waals surface area contributed by atoms with Gasteiger partial charge in [0.15, 0.2) is 0 Å². The Morgan fingerprint density at radius 1 is 1.41 bits per heavy atom. The van der Waals surface area contributed by atoms with Crippen molar-refractivity contribution in [3.8, 4) is 0 Å². The predicted octanol–water partition coefficient (Wildman–Crippen LogP) is 2.33. The van der Waals surface area contributed by atoms with Crippen LogP contribution in [-0.4, -0.2) is 19.9 Å². The minimum atomic E-state index is 0.684. The highest BCUT2D eigenvalue weighted by atomic mass is 32.1. The first kappa shape index (κ1) is 10.2. The van der Waals surface area contributed by atoms with Gasteiger partial charge in [-0.05, 0) is 17.9 Å². The summed E-state index contributed by atoms with van der Waals surface area (Å²) < 4.78 is 1.10. The molecule has 0 atom stereocenters. The molecule has 0 saturated heterocycles. The summed E-state index contributed by atoms with van der Waals surface area (Å²) in [6.07, 6.45) is 5.06. The van der Waals surface area contributed by atoms with Crippen LogP contribution in [0.2, 0.25) is 0 Å². The van der Waals surface area contributed by atoms with E-state index in [4.69, 9.17) is 0 Å². The minimum Gasteiger partial charge on any atom is -0.363 e. The Morgan fingerprint density at radius 2 is 2.35 bits per heavy atom. The highest BCUT2D eigenvalue weighted by Crippen LogP contribution is 2.28. The highest BCUT2D eigenvalue weighted by Gasteiger charge is 2.07. The summed E-state index contributed by atoms with van der Waals surface area (Å²) in [5.74, 6) is 0.878. The molecule has 0 aliphatic rings. The van der Waals surface area contributed by atoms with Crippen molar-refractivity contribution >= 4 is 27.4 Å². The van der Waals surface area contributed by atoms with Crippen molar-refractivity contribution in [3.05, 3.63) is 35.5 Å².